The van der Waals surface area contributed by atoms with E-state index in [1.54, 1.807) is 21.1 Å². The first-order chi connectivity index (χ1) is 10.4. The van der Waals surface area contributed by atoms with E-state index in [0.29, 0.717) is 19.6 Å². The number of carbonyl (C=O) groups excluding carboxylic acids is 1. The predicted octanol–water partition coefficient (Wildman–Crippen LogP) is 1.25. The fourth-order valence-corrected chi connectivity index (χ4v) is 3.86. The molecule has 2 saturated heterocycles. The first-order valence-corrected chi connectivity index (χ1v) is 8.38. The largest absolute Gasteiger partial charge is 0.307 e. The molecule has 1 atom stereocenters. The minimum Gasteiger partial charge on any atom is -0.307 e. The summed E-state index contributed by atoms with van der Waals surface area (Å²) in [4.78, 5) is 24.1. The Labute approximate surface area is 134 Å². The van der Waals surface area contributed by atoms with Crippen molar-refractivity contribution < 1.29 is 4.79 Å². The van der Waals surface area contributed by atoms with Gasteiger partial charge in [-0.2, -0.15) is 5.26 Å². The van der Waals surface area contributed by atoms with E-state index in [9.17, 15) is 4.79 Å². The van der Waals surface area contributed by atoms with Gasteiger partial charge in [-0.25, -0.2) is 4.98 Å². The van der Waals surface area contributed by atoms with E-state index in [1.165, 1.54) is 4.88 Å². The molecule has 0 radical (unpaired) electrons. The molecular weight excluding hydrogens is 298 g/mol. The number of nitrogens with zero attached hydrogens (tertiary/aromatic N) is 5. The van der Waals surface area contributed by atoms with Gasteiger partial charge < -0.3 is 4.90 Å². The second-order valence-electron chi connectivity index (χ2n) is 6.84. The number of hydrogen-bond acceptors (Lipinski definition) is 6. The van der Waals surface area contributed by atoms with Crippen LogP contribution < -0.4 is 4.90 Å². The minimum atomic E-state index is -0.218. The molecule has 1 aromatic heterocycles. The van der Waals surface area contributed by atoms with Crippen molar-refractivity contribution in [2.45, 2.75) is 32.2 Å². The Hall–Kier alpha value is -1.65. The number of rotatable bonds is 1. The van der Waals surface area contributed by atoms with Crippen LogP contribution in [0.1, 0.15) is 25.6 Å². The second kappa shape index (κ2) is 5.52. The van der Waals surface area contributed by atoms with Crippen molar-refractivity contribution in [2.75, 3.05) is 37.6 Å². The third kappa shape index (κ3) is 2.69. The Bertz CT molecular complexity index is 614. The van der Waals surface area contributed by atoms with E-state index in [2.05, 4.69) is 36.8 Å². The number of fused-ring (bicyclic) bond motifs is 1. The van der Waals surface area contributed by atoms with Gasteiger partial charge in [0.15, 0.2) is 11.3 Å². The molecule has 1 amide bonds. The Morgan fingerprint density at radius 3 is 2.68 bits per heavy atom. The van der Waals surface area contributed by atoms with E-state index in [-0.39, 0.29) is 17.4 Å². The normalized spacial score (nSPS) is 23.4. The Morgan fingerprint density at radius 2 is 2.05 bits per heavy atom. The molecule has 118 valence electrons. The van der Waals surface area contributed by atoms with Gasteiger partial charge in [-0.05, 0) is 5.41 Å². The first kappa shape index (κ1) is 15.3. The number of piperazine rings is 2. The minimum absolute atomic E-state index is 0.0449. The molecule has 2 aliphatic rings. The topological polar surface area (TPSA) is 63.5 Å². The highest BCUT2D eigenvalue weighted by atomic mass is 32.1. The highest BCUT2D eigenvalue weighted by molar-refractivity contribution is 7.15. The Balaban J connectivity index is 1.80. The van der Waals surface area contributed by atoms with Gasteiger partial charge in [0.2, 0.25) is 5.91 Å². The lowest BCUT2D eigenvalue weighted by Gasteiger charge is -2.44. The zero-order valence-electron chi connectivity index (χ0n) is 13.2. The van der Waals surface area contributed by atoms with Crippen molar-refractivity contribution in [3.8, 4) is 6.19 Å². The summed E-state index contributed by atoms with van der Waals surface area (Å²) in [6.07, 6.45) is 4.04. The maximum atomic E-state index is 12.8. The molecule has 1 aromatic rings. The zero-order valence-corrected chi connectivity index (χ0v) is 14.1. The molecule has 3 heterocycles. The summed E-state index contributed by atoms with van der Waals surface area (Å²) in [6.45, 7) is 9.96. The van der Waals surface area contributed by atoms with Crippen molar-refractivity contribution in [3.63, 3.8) is 0 Å². The van der Waals surface area contributed by atoms with E-state index < -0.39 is 0 Å². The van der Waals surface area contributed by atoms with E-state index in [1.807, 2.05) is 6.20 Å². The van der Waals surface area contributed by atoms with Crippen LogP contribution in [0.2, 0.25) is 0 Å². The molecular formula is C15H21N5OS. The maximum absolute atomic E-state index is 12.8. The summed E-state index contributed by atoms with van der Waals surface area (Å²) in [6, 6.07) is -0.218. The standard InChI is InChI=1S/C15H21N5OS/c1-15(2,3)12-8-17-14(22-12)20-7-6-19-5-4-18(10-16)9-11(19)13(20)21/h8,11H,4-7,9H2,1-3H3/t11-/m1/s1. The van der Waals surface area contributed by atoms with Gasteiger partial charge in [0.25, 0.3) is 0 Å². The fourth-order valence-electron chi connectivity index (χ4n) is 2.86. The summed E-state index contributed by atoms with van der Waals surface area (Å²) >= 11 is 1.59. The van der Waals surface area contributed by atoms with Crippen molar-refractivity contribution in [1.29, 1.82) is 5.26 Å². The number of carbonyl (C=O) groups is 1. The summed E-state index contributed by atoms with van der Waals surface area (Å²) in [5.41, 5.74) is 0.0449. The molecule has 0 aromatic carbocycles. The predicted molar refractivity (Wildman–Crippen MR) is 85.7 cm³/mol. The average Bonchev–Trinajstić information content (AvgIpc) is 2.97. The van der Waals surface area contributed by atoms with E-state index >= 15 is 0 Å². The highest BCUT2D eigenvalue weighted by Crippen LogP contribution is 2.33. The number of anilines is 1. The first-order valence-electron chi connectivity index (χ1n) is 7.56. The van der Waals surface area contributed by atoms with Gasteiger partial charge in [0, 0.05) is 37.3 Å². The summed E-state index contributed by atoms with van der Waals surface area (Å²) in [7, 11) is 0. The molecule has 0 unspecified atom stereocenters. The molecule has 6 nitrogen and oxygen atoms in total. The number of thiazole rings is 1. The molecule has 7 heteroatoms. The van der Waals surface area contributed by atoms with Crippen molar-refractivity contribution >= 4 is 22.4 Å². The third-order valence-electron chi connectivity index (χ3n) is 4.26. The third-order valence-corrected chi connectivity index (χ3v) is 5.70. The molecule has 2 aliphatic heterocycles. The van der Waals surface area contributed by atoms with Gasteiger partial charge >= 0.3 is 0 Å². The lowest BCUT2D eigenvalue weighted by atomic mass is 9.96. The van der Waals surface area contributed by atoms with Crippen LogP contribution in [0.15, 0.2) is 6.20 Å². The second-order valence-corrected chi connectivity index (χ2v) is 7.85. The quantitative estimate of drug-likeness (QED) is 0.729. The van der Waals surface area contributed by atoms with E-state index in [4.69, 9.17) is 5.26 Å². The van der Waals surface area contributed by atoms with Gasteiger partial charge in [0.1, 0.15) is 6.04 Å². The Morgan fingerprint density at radius 1 is 1.32 bits per heavy atom. The lowest BCUT2D eigenvalue weighted by Crippen LogP contribution is -2.64. The van der Waals surface area contributed by atoms with E-state index in [0.717, 1.165) is 18.2 Å². The number of hydrogen-bond donors (Lipinski definition) is 0. The molecule has 0 saturated carbocycles. The Kier molecular flexibility index (Phi) is 3.83. The van der Waals surface area contributed by atoms with Crippen LogP contribution in [-0.4, -0.2) is 59.5 Å². The molecule has 3 rings (SSSR count). The van der Waals surface area contributed by atoms with Crippen LogP contribution in [0.5, 0.6) is 0 Å². The molecule has 22 heavy (non-hydrogen) atoms. The number of nitriles is 1. The van der Waals surface area contributed by atoms with Crippen molar-refractivity contribution in [3.05, 3.63) is 11.1 Å². The molecule has 2 fully saturated rings. The van der Waals surface area contributed by atoms with Crippen LogP contribution in [-0.2, 0) is 10.2 Å². The highest BCUT2D eigenvalue weighted by Gasteiger charge is 2.40. The number of aromatic nitrogens is 1. The molecule has 0 bridgehead atoms. The summed E-state index contributed by atoms with van der Waals surface area (Å²) < 4.78 is 0. The van der Waals surface area contributed by atoms with Gasteiger partial charge in [-0.15, -0.1) is 11.3 Å². The SMILES string of the molecule is CC(C)(C)c1cnc(N2CCN3CCN(C#N)C[C@@H]3C2=O)s1. The van der Waals surface area contributed by atoms with Crippen LogP contribution in [0.4, 0.5) is 5.13 Å². The average molecular weight is 319 g/mol. The summed E-state index contributed by atoms with van der Waals surface area (Å²) in [5.74, 6) is 0.0704. The monoisotopic (exact) mass is 319 g/mol. The van der Waals surface area contributed by atoms with Crippen LogP contribution in [0.3, 0.4) is 0 Å². The van der Waals surface area contributed by atoms with Crippen LogP contribution >= 0.6 is 11.3 Å². The van der Waals surface area contributed by atoms with Gasteiger partial charge in [-0.3, -0.25) is 14.6 Å². The van der Waals surface area contributed by atoms with Crippen molar-refractivity contribution in [2.24, 2.45) is 0 Å². The van der Waals surface area contributed by atoms with Gasteiger partial charge in [-0.1, -0.05) is 20.8 Å². The maximum Gasteiger partial charge on any atom is 0.248 e. The zero-order chi connectivity index (χ0) is 15.9. The molecule has 0 spiro atoms. The van der Waals surface area contributed by atoms with Crippen LogP contribution in [0, 0.1) is 11.5 Å². The lowest BCUT2D eigenvalue weighted by molar-refractivity contribution is -0.127. The van der Waals surface area contributed by atoms with Gasteiger partial charge in [0.05, 0.1) is 6.54 Å². The smallest absolute Gasteiger partial charge is 0.248 e. The molecule has 0 aliphatic carbocycles. The molecule has 0 N–H and O–H groups in total. The summed E-state index contributed by atoms with van der Waals surface area (Å²) in [5, 5.41) is 9.85. The number of amides is 1. The van der Waals surface area contributed by atoms with Crippen molar-refractivity contribution in [1.82, 2.24) is 14.8 Å². The van der Waals surface area contributed by atoms with Crippen LogP contribution in [0.25, 0.3) is 0 Å². The fraction of sp³-hybridized carbons (Fsp3) is 0.667.